The van der Waals surface area contributed by atoms with Gasteiger partial charge in [-0.15, -0.1) is 0 Å². The van der Waals surface area contributed by atoms with Gasteiger partial charge >= 0.3 is 0 Å². The summed E-state index contributed by atoms with van der Waals surface area (Å²) in [5.74, 6) is -0.606. The highest BCUT2D eigenvalue weighted by Gasteiger charge is 2.10. The number of benzene rings is 2. The molecule has 0 saturated heterocycles. The zero-order valence-electron chi connectivity index (χ0n) is 9.24. The lowest BCUT2D eigenvalue weighted by Crippen LogP contribution is -2.14. The molecule has 88 valence electrons. The van der Waals surface area contributed by atoms with Crippen LogP contribution in [-0.4, -0.2) is 0 Å². The van der Waals surface area contributed by atoms with Gasteiger partial charge in [-0.05, 0) is 35.7 Å². The van der Waals surface area contributed by atoms with Crippen molar-refractivity contribution in [2.24, 2.45) is 5.73 Å². The summed E-state index contributed by atoms with van der Waals surface area (Å²) in [7, 11) is 0. The Morgan fingerprint density at radius 1 is 1.00 bits per heavy atom. The fourth-order valence-corrected chi connectivity index (χ4v) is 1.76. The summed E-state index contributed by atoms with van der Waals surface area (Å²) in [5, 5.41) is 0. The van der Waals surface area contributed by atoms with Gasteiger partial charge in [-0.25, -0.2) is 8.78 Å². The molecule has 2 aromatic carbocycles. The van der Waals surface area contributed by atoms with Gasteiger partial charge in [0.15, 0.2) is 0 Å². The summed E-state index contributed by atoms with van der Waals surface area (Å²) in [6.45, 7) is 0. The molecule has 0 aliphatic rings. The van der Waals surface area contributed by atoms with Crippen LogP contribution in [0, 0.1) is 11.6 Å². The van der Waals surface area contributed by atoms with E-state index in [1.54, 1.807) is 30.3 Å². The Bertz CT molecular complexity index is 511. The minimum atomic E-state index is -0.400. The molecule has 0 aromatic heterocycles. The van der Waals surface area contributed by atoms with Crippen LogP contribution in [0.3, 0.4) is 0 Å². The van der Waals surface area contributed by atoms with E-state index in [9.17, 15) is 8.78 Å². The quantitative estimate of drug-likeness (QED) is 0.865. The third-order valence-electron chi connectivity index (χ3n) is 2.67. The second kappa shape index (κ2) is 5.06. The monoisotopic (exact) mass is 233 g/mol. The van der Waals surface area contributed by atoms with E-state index in [0.29, 0.717) is 17.5 Å². The van der Waals surface area contributed by atoms with Crippen LogP contribution in [-0.2, 0) is 6.42 Å². The van der Waals surface area contributed by atoms with Crippen molar-refractivity contribution in [1.29, 1.82) is 0 Å². The molecule has 3 heteroatoms. The molecule has 1 unspecified atom stereocenters. The van der Waals surface area contributed by atoms with E-state index in [2.05, 4.69) is 0 Å². The van der Waals surface area contributed by atoms with Crippen LogP contribution < -0.4 is 5.73 Å². The minimum absolute atomic E-state index is 0.278. The topological polar surface area (TPSA) is 26.0 Å². The summed E-state index contributed by atoms with van der Waals surface area (Å²) < 4.78 is 26.4. The Hall–Kier alpha value is -1.74. The van der Waals surface area contributed by atoms with Crippen LogP contribution in [0.2, 0.25) is 0 Å². The van der Waals surface area contributed by atoms with Crippen LogP contribution in [0.4, 0.5) is 8.78 Å². The van der Waals surface area contributed by atoms with Gasteiger partial charge in [0.2, 0.25) is 0 Å². The zero-order valence-corrected chi connectivity index (χ0v) is 9.24. The molecule has 1 nitrogen and oxygen atoms in total. The van der Waals surface area contributed by atoms with E-state index in [0.717, 1.165) is 0 Å². The van der Waals surface area contributed by atoms with Gasteiger partial charge < -0.3 is 5.73 Å². The molecule has 0 heterocycles. The van der Waals surface area contributed by atoms with E-state index in [1.807, 2.05) is 0 Å². The first-order chi connectivity index (χ1) is 8.16. The summed E-state index contributed by atoms with van der Waals surface area (Å²) >= 11 is 0. The van der Waals surface area contributed by atoms with Gasteiger partial charge in [0.1, 0.15) is 11.6 Å². The van der Waals surface area contributed by atoms with Crippen LogP contribution in [0.25, 0.3) is 0 Å². The average Bonchev–Trinajstić information content (AvgIpc) is 2.32. The summed E-state index contributed by atoms with van der Waals surface area (Å²) in [6, 6.07) is 12.2. The fourth-order valence-electron chi connectivity index (χ4n) is 1.76. The van der Waals surface area contributed by atoms with Gasteiger partial charge in [0.25, 0.3) is 0 Å². The first kappa shape index (κ1) is 11.7. The lowest BCUT2D eigenvalue weighted by Gasteiger charge is -2.12. The predicted octanol–water partition coefficient (Wildman–Crippen LogP) is 3.21. The molecule has 0 radical (unpaired) electrons. The second-order valence-electron chi connectivity index (χ2n) is 3.96. The maximum Gasteiger partial charge on any atom is 0.126 e. The highest BCUT2D eigenvalue weighted by molar-refractivity contribution is 5.24. The molecule has 0 amide bonds. The average molecular weight is 233 g/mol. The molecule has 0 bridgehead atoms. The smallest absolute Gasteiger partial charge is 0.126 e. The molecule has 2 aromatic rings. The number of hydrogen-bond donors (Lipinski definition) is 1. The minimum Gasteiger partial charge on any atom is -0.324 e. The normalized spacial score (nSPS) is 12.4. The number of rotatable bonds is 3. The van der Waals surface area contributed by atoms with Crippen LogP contribution in [0.15, 0.2) is 48.5 Å². The van der Waals surface area contributed by atoms with Crippen molar-refractivity contribution in [1.82, 2.24) is 0 Å². The second-order valence-corrected chi connectivity index (χ2v) is 3.96. The highest BCUT2D eigenvalue weighted by atomic mass is 19.1. The van der Waals surface area contributed by atoms with Crippen molar-refractivity contribution in [2.75, 3.05) is 0 Å². The van der Waals surface area contributed by atoms with Gasteiger partial charge in [-0.1, -0.05) is 30.3 Å². The lowest BCUT2D eigenvalue weighted by atomic mass is 9.99. The maximum atomic E-state index is 13.4. The largest absolute Gasteiger partial charge is 0.324 e. The Labute approximate surface area is 98.9 Å². The molecule has 0 fully saturated rings. The maximum absolute atomic E-state index is 13.4. The van der Waals surface area contributed by atoms with Crippen LogP contribution in [0.1, 0.15) is 17.2 Å². The Morgan fingerprint density at radius 2 is 1.76 bits per heavy atom. The molecule has 17 heavy (non-hydrogen) atoms. The van der Waals surface area contributed by atoms with Crippen molar-refractivity contribution in [3.63, 3.8) is 0 Å². The van der Waals surface area contributed by atoms with E-state index in [1.165, 1.54) is 18.2 Å². The molecular formula is C14H13F2N. The number of halogens is 2. The summed E-state index contributed by atoms with van der Waals surface area (Å²) in [5.41, 5.74) is 7.15. The number of hydrogen-bond acceptors (Lipinski definition) is 1. The first-order valence-electron chi connectivity index (χ1n) is 5.41. The van der Waals surface area contributed by atoms with Crippen molar-refractivity contribution >= 4 is 0 Å². The SMILES string of the molecule is NC(Cc1ccccc1F)c1cccc(F)c1. The lowest BCUT2D eigenvalue weighted by molar-refractivity contribution is 0.589. The first-order valence-corrected chi connectivity index (χ1v) is 5.41. The summed E-state index contributed by atoms with van der Waals surface area (Å²) in [4.78, 5) is 0. The van der Waals surface area contributed by atoms with Crippen molar-refractivity contribution in [3.05, 3.63) is 71.3 Å². The predicted molar refractivity (Wildman–Crippen MR) is 63.4 cm³/mol. The fraction of sp³-hybridized carbons (Fsp3) is 0.143. The van der Waals surface area contributed by atoms with Crippen molar-refractivity contribution in [3.8, 4) is 0 Å². The van der Waals surface area contributed by atoms with E-state index >= 15 is 0 Å². The van der Waals surface area contributed by atoms with Gasteiger partial charge in [0, 0.05) is 6.04 Å². The van der Waals surface area contributed by atoms with Gasteiger partial charge in [0.05, 0.1) is 0 Å². The van der Waals surface area contributed by atoms with E-state index in [-0.39, 0.29) is 11.6 Å². The molecule has 1 atom stereocenters. The Balaban J connectivity index is 2.17. The zero-order chi connectivity index (χ0) is 12.3. The van der Waals surface area contributed by atoms with Crippen molar-refractivity contribution in [2.45, 2.75) is 12.5 Å². The Morgan fingerprint density at radius 3 is 2.47 bits per heavy atom. The van der Waals surface area contributed by atoms with Gasteiger partial charge in [-0.2, -0.15) is 0 Å². The summed E-state index contributed by atoms with van der Waals surface area (Å²) in [6.07, 6.45) is 0.357. The molecular weight excluding hydrogens is 220 g/mol. The third kappa shape index (κ3) is 2.88. The molecule has 2 rings (SSSR count). The Kier molecular flexibility index (Phi) is 3.49. The highest BCUT2D eigenvalue weighted by Crippen LogP contribution is 2.18. The standard InChI is InChI=1S/C14H13F2N/c15-12-6-3-5-11(8-12)14(17)9-10-4-1-2-7-13(10)16/h1-8,14H,9,17H2. The third-order valence-corrected chi connectivity index (χ3v) is 2.67. The molecule has 0 aliphatic carbocycles. The molecule has 0 aliphatic heterocycles. The van der Waals surface area contributed by atoms with E-state index in [4.69, 9.17) is 5.73 Å². The molecule has 0 saturated carbocycles. The van der Waals surface area contributed by atoms with Crippen LogP contribution >= 0.6 is 0 Å². The molecule has 0 spiro atoms. The van der Waals surface area contributed by atoms with Crippen LogP contribution in [0.5, 0.6) is 0 Å². The van der Waals surface area contributed by atoms with E-state index < -0.39 is 6.04 Å². The molecule has 2 N–H and O–H groups in total. The number of nitrogens with two attached hydrogens (primary N) is 1. The van der Waals surface area contributed by atoms with Crippen molar-refractivity contribution < 1.29 is 8.78 Å². The van der Waals surface area contributed by atoms with Gasteiger partial charge in [-0.3, -0.25) is 0 Å².